The third-order valence-electron chi connectivity index (χ3n) is 4.98. The van der Waals surface area contributed by atoms with Crippen molar-refractivity contribution >= 4 is 5.97 Å². The number of fused-ring (bicyclic) bond motifs is 1. The monoisotopic (exact) mass is 314 g/mol. The summed E-state index contributed by atoms with van der Waals surface area (Å²) < 4.78 is 23.4. The van der Waals surface area contributed by atoms with Crippen LogP contribution in [0, 0.1) is 5.41 Å². The normalized spacial score (nSPS) is 32.1. The highest BCUT2D eigenvalue weighted by molar-refractivity contribution is 5.76. The minimum Gasteiger partial charge on any atom is -0.457 e. The highest BCUT2D eigenvalue weighted by atomic mass is 16.7. The van der Waals surface area contributed by atoms with E-state index in [1.54, 1.807) is 0 Å². The van der Waals surface area contributed by atoms with Gasteiger partial charge in [-0.3, -0.25) is 4.79 Å². The maximum Gasteiger partial charge on any atom is 0.311 e. The van der Waals surface area contributed by atoms with E-state index in [0.717, 1.165) is 12.8 Å². The van der Waals surface area contributed by atoms with Gasteiger partial charge in [-0.15, -0.1) is 0 Å². The molecule has 4 atom stereocenters. The Balaban J connectivity index is 1.94. The zero-order valence-corrected chi connectivity index (χ0v) is 14.7. The lowest BCUT2D eigenvalue weighted by molar-refractivity contribution is -0.164. The molecule has 2 rings (SSSR count). The fourth-order valence-electron chi connectivity index (χ4n) is 2.57. The van der Waals surface area contributed by atoms with Crippen molar-refractivity contribution in [1.82, 2.24) is 0 Å². The summed E-state index contributed by atoms with van der Waals surface area (Å²) in [6.07, 6.45) is 0.876. The second-order valence-electron chi connectivity index (χ2n) is 7.55. The van der Waals surface area contributed by atoms with Gasteiger partial charge in [0.1, 0.15) is 18.3 Å². The van der Waals surface area contributed by atoms with Crippen LogP contribution in [0.5, 0.6) is 0 Å². The minimum absolute atomic E-state index is 0.0946. The predicted octanol–water partition coefficient (Wildman–Crippen LogP) is 2.71. The van der Waals surface area contributed by atoms with Gasteiger partial charge in [0.15, 0.2) is 6.10 Å². The molecule has 0 saturated carbocycles. The van der Waals surface area contributed by atoms with Crippen molar-refractivity contribution in [2.24, 2.45) is 5.41 Å². The van der Waals surface area contributed by atoms with Crippen molar-refractivity contribution in [1.29, 1.82) is 0 Å². The van der Waals surface area contributed by atoms with Crippen molar-refractivity contribution in [2.75, 3.05) is 13.2 Å². The molecular weight excluding hydrogens is 284 g/mol. The van der Waals surface area contributed by atoms with Crippen LogP contribution in [-0.4, -0.2) is 49.2 Å². The summed E-state index contributed by atoms with van der Waals surface area (Å²) >= 11 is 0. The van der Waals surface area contributed by atoms with Crippen LogP contribution in [0.25, 0.3) is 0 Å². The van der Waals surface area contributed by atoms with Gasteiger partial charge in [0, 0.05) is 0 Å². The predicted molar refractivity (Wildman–Crippen MR) is 82.7 cm³/mol. The standard InChI is InChI=1S/C17H30O5/c1-7-16(3,4)15(18)21-11-9-19-14-12(10-20-13(11)14)22-17(5,6)8-2/h11-14H,7-10H2,1-6H3/t11-,12-,13+,14+/m0/s1. The summed E-state index contributed by atoms with van der Waals surface area (Å²) in [4.78, 5) is 12.2. The van der Waals surface area contributed by atoms with Crippen LogP contribution >= 0.6 is 0 Å². The summed E-state index contributed by atoms with van der Waals surface area (Å²) in [5.74, 6) is -0.189. The first-order valence-corrected chi connectivity index (χ1v) is 8.32. The second kappa shape index (κ2) is 6.46. The van der Waals surface area contributed by atoms with Crippen LogP contribution in [0.2, 0.25) is 0 Å². The highest BCUT2D eigenvalue weighted by Crippen LogP contribution is 2.34. The van der Waals surface area contributed by atoms with Gasteiger partial charge in [-0.2, -0.15) is 0 Å². The van der Waals surface area contributed by atoms with Gasteiger partial charge in [0.25, 0.3) is 0 Å². The van der Waals surface area contributed by atoms with E-state index in [0.29, 0.717) is 13.2 Å². The smallest absolute Gasteiger partial charge is 0.311 e. The molecule has 0 unspecified atom stereocenters. The van der Waals surface area contributed by atoms with Crippen molar-refractivity contribution < 1.29 is 23.7 Å². The highest BCUT2D eigenvalue weighted by Gasteiger charge is 2.51. The van der Waals surface area contributed by atoms with Crippen molar-refractivity contribution in [3.63, 3.8) is 0 Å². The summed E-state index contributed by atoms with van der Waals surface area (Å²) in [5.41, 5.74) is -0.679. The first-order chi connectivity index (χ1) is 10.2. The molecule has 5 heteroatoms. The number of hydrogen-bond acceptors (Lipinski definition) is 5. The molecule has 0 spiro atoms. The lowest BCUT2D eigenvalue weighted by Gasteiger charge is -2.29. The molecule has 2 saturated heterocycles. The third kappa shape index (κ3) is 3.63. The Morgan fingerprint density at radius 2 is 1.55 bits per heavy atom. The molecule has 128 valence electrons. The Bertz CT molecular complexity index is 404. The first kappa shape index (κ1) is 17.7. The van der Waals surface area contributed by atoms with E-state index in [1.807, 2.05) is 20.8 Å². The second-order valence-corrected chi connectivity index (χ2v) is 7.55. The first-order valence-electron chi connectivity index (χ1n) is 8.32. The number of esters is 1. The van der Waals surface area contributed by atoms with Crippen LogP contribution in [0.1, 0.15) is 54.4 Å². The Morgan fingerprint density at radius 3 is 2.09 bits per heavy atom. The maximum atomic E-state index is 12.2. The summed E-state index contributed by atoms with van der Waals surface area (Å²) in [5, 5.41) is 0. The van der Waals surface area contributed by atoms with Crippen LogP contribution in [0.4, 0.5) is 0 Å². The number of ether oxygens (including phenoxy) is 4. The molecule has 0 aliphatic carbocycles. The quantitative estimate of drug-likeness (QED) is 0.706. The summed E-state index contributed by atoms with van der Waals surface area (Å²) in [7, 11) is 0. The van der Waals surface area contributed by atoms with Crippen LogP contribution in [0.3, 0.4) is 0 Å². The van der Waals surface area contributed by atoms with E-state index >= 15 is 0 Å². The van der Waals surface area contributed by atoms with Gasteiger partial charge >= 0.3 is 5.97 Å². The Labute approximate surface area is 133 Å². The molecule has 0 bridgehead atoms. The largest absolute Gasteiger partial charge is 0.457 e. The molecule has 0 aromatic rings. The van der Waals surface area contributed by atoms with E-state index in [9.17, 15) is 4.79 Å². The number of carbonyl (C=O) groups excluding carboxylic acids is 1. The van der Waals surface area contributed by atoms with E-state index < -0.39 is 5.41 Å². The fraction of sp³-hybridized carbons (Fsp3) is 0.941. The van der Waals surface area contributed by atoms with Gasteiger partial charge in [-0.25, -0.2) is 0 Å². The van der Waals surface area contributed by atoms with Gasteiger partial charge in [0.05, 0.1) is 24.2 Å². The third-order valence-corrected chi connectivity index (χ3v) is 4.98. The van der Waals surface area contributed by atoms with Crippen molar-refractivity contribution in [3.8, 4) is 0 Å². The molecule has 2 aliphatic heterocycles. The zero-order valence-electron chi connectivity index (χ0n) is 14.7. The van der Waals surface area contributed by atoms with E-state index in [-0.39, 0.29) is 36.0 Å². The van der Waals surface area contributed by atoms with Crippen molar-refractivity contribution in [2.45, 2.75) is 84.4 Å². The average molecular weight is 314 g/mol. The molecule has 0 aromatic carbocycles. The number of hydrogen-bond donors (Lipinski definition) is 0. The van der Waals surface area contributed by atoms with Gasteiger partial charge < -0.3 is 18.9 Å². The van der Waals surface area contributed by atoms with Crippen LogP contribution in [-0.2, 0) is 23.7 Å². The topological polar surface area (TPSA) is 54.0 Å². The minimum atomic E-state index is -0.475. The molecule has 22 heavy (non-hydrogen) atoms. The summed E-state index contributed by atoms with van der Waals surface area (Å²) in [6, 6.07) is 0. The maximum absolute atomic E-state index is 12.2. The fourth-order valence-corrected chi connectivity index (χ4v) is 2.57. The van der Waals surface area contributed by atoms with E-state index in [1.165, 1.54) is 0 Å². The molecule has 2 fully saturated rings. The van der Waals surface area contributed by atoms with E-state index in [4.69, 9.17) is 18.9 Å². The van der Waals surface area contributed by atoms with E-state index in [2.05, 4.69) is 20.8 Å². The van der Waals surface area contributed by atoms with Gasteiger partial charge in [-0.05, 0) is 40.5 Å². The SMILES string of the molecule is CCC(C)(C)O[C@H]1CO[C@H]2[C@@H]1OC[C@@H]2OC(=O)C(C)(C)CC. The average Bonchev–Trinajstić information content (AvgIpc) is 3.03. The number of rotatable bonds is 6. The lowest BCUT2D eigenvalue weighted by atomic mass is 9.90. The lowest BCUT2D eigenvalue weighted by Crippen LogP contribution is -2.40. The Hall–Kier alpha value is -0.650. The molecule has 0 radical (unpaired) electrons. The molecule has 2 heterocycles. The number of carbonyl (C=O) groups is 1. The summed E-state index contributed by atoms with van der Waals surface area (Å²) in [6.45, 7) is 12.9. The van der Waals surface area contributed by atoms with Crippen molar-refractivity contribution in [3.05, 3.63) is 0 Å². The zero-order chi connectivity index (χ0) is 16.5. The molecule has 0 amide bonds. The van der Waals surface area contributed by atoms with Gasteiger partial charge in [0.2, 0.25) is 0 Å². The molecule has 2 aliphatic rings. The van der Waals surface area contributed by atoms with Gasteiger partial charge in [-0.1, -0.05) is 13.8 Å². The molecular formula is C17H30O5. The van der Waals surface area contributed by atoms with Crippen LogP contribution < -0.4 is 0 Å². The molecule has 0 N–H and O–H groups in total. The van der Waals surface area contributed by atoms with Crippen LogP contribution in [0.15, 0.2) is 0 Å². The molecule has 5 nitrogen and oxygen atoms in total. The molecule has 0 aromatic heterocycles. The Morgan fingerprint density at radius 1 is 1.00 bits per heavy atom. The Kier molecular flexibility index (Phi) is 5.20.